The van der Waals surface area contributed by atoms with Gasteiger partial charge >= 0.3 is 0 Å². The number of benzene rings is 2. The van der Waals surface area contributed by atoms with Crippen molar-refractivity contribution in [2.75, 3.05) is 7.11 Å². The first-order valence-electron chi connectivity index (χ1n) is 8.09. The molecule has 2 aromatic carbocycles. The van der Waals surface area contributed by atoms with Gasteiger partial charge in [-0.15, -0.1) is 11.8 Å². The molecule has 0 heterocycles. The van der Waals surface area contributed by atoms with Crippen LogP contribution in [-0.4, -0.2) is 18.3 Å². The number of nitrogens with one attached hydrogen (secondary N) is 1. The maximum atomic E-state index is 12.5. The van der Waals surface area contributed by atoms with Crippen LogP contribution in [0.5, 0.6) is 5.75 Å². The summed E-state index contributed by atoms with van der Waals surface area (Å²) < 4.78 is 5.15. The van der Waals surface area contributed by atoms with Gasteiger partial charge in [-0.2, -0.15) is 0 Å². The number of amides is 1. The third-order valence-electron chi connectivity index (χ3n) is 3.99. The molecular formula is C20H25NO2S. The molecule has 0 aliphatic heterocycles. The number of rotatable bonds is 6. The Labute approximate surface area is 148 Å². The molecule has 2 aromatic rings. The fraction of sp³-hybridized carbons (Fsp3) is 0.350. The number of thioether (sulfide) groups is 1. The van der Waals surface area contributed by atoms with Crippen LogP contribution in [0, 0.1) is 13.8 Å². The fourth-order valence-corrected chi connectivity index (χ4v) is 3.51. The van der Waals surface area contributed by atoms with Crippen LogP contribution in [0.2, 0.25) is 0 Å². The van der Waals surface area contributed by atoms with Crippen molar-refractivity contribution in [3.05, 3.63) is 59.2 Å². The molecule has 128 valence electrons. The normalized spacial score (nSPS) is 13.2. The number of hydrogen-bond donors (Lipinski definition) is 1. The third-order valence-corrected chi connectivity index (χ3v) is 5.10. The van der Waals surface area contributed by atoms with Crippen molar-refractivity contribution in [3.63, 3.8) is 0 Å². The molecule has 24 heavy (non-hydrogen) atoms. The molecule has 1 amide bonds. The van der Waals surface area contributed by atoms with Crippen molar-refractivity contribution < 1.29 is 9.53 Å². The molecule has 4 heteroatoms. The number of hydrogen-bond acceptors (Lipinski definition) is 3. The molecule has 0 radical (unpaired) electrons. The first-order valence-corrected chi connectivity index (χ1v) is 8.97. The summed E-state index contributed by atoms with van der Waals surface area (Å²) in [5, 5.41) is 2.95. The van der Waals surface area contributed by atoms with Gasteiger partial charge in [0.05, 0.1) is 18.4 Å². The predicted molar refractivity (Wildman–Crippen MR) is 101 cm³/mol. The number of methoxy groups -OCH3 is 1. The molecule has 2 unspecified atom stereocenters. The maximum absolute atomic E-state index is 12.5. The van der Waals surface area contributed by atoms with Gasteiger partial charge in [-0.25, -0.2) is 0 Å². The number of ether oxygens (including phenoxy) is 1. The van der Waals surface area contributed by atoms with E-state index in [0.29, 0.717) is 0 Å². The standard InChI is InChI=1S/C20H25NO2S/c1-13-6-11-19(14(2)12-13)15(3)21-20(22)16(4)24-18-9-7-17(23-5)8-10-18/h6-12,15-16H,1-5H3,(H,21,22). The van der Waals surface area contributed by atoms with E-state index in [-0.39, 0.29) is 17.2 Å². The summed E-state index contributed by atoms with van der Waals surface area (Å²) in [7, 11) is 1.65. The van der Waals surface area contributed by atoms with E-state index in [9.17, 15) is 4.79 Å². The van der Waals surface area contributed by atoms with Crippen LogP contribution in [0.1, 0.15) is 36.6 Å². The van der Waals surface area contributed by atoms with Gasteiger partial charge in [0.2, 0.25) is 5.91 Å². The van der Waals surface area contributed by atoms with Crippen LogP contribution < -0.4 is 10.1 Å². The number of carbonyl (C=O) groups is 1. The second-order valence-corrected chi connectivity index (χ2v) is 7.44. The van der Waals surface area contributed by atoms with Gasteiger partial charge in [-0.1, -0.05) is 23.8 Å². The van der Waals surface area contributed by atoms with Gasteiger partial charge in [0, 0.05) is 4.90 Å². The maximum Gasteiger partial charge on any atom is 0.233 e. The summed E-state index contributed by atoms with van der Waals surface area (Å²) in [6.07, 6.45) is 0. The monoisotopic (exact) mass is 343 g/mol. The molecule has 0 aliphatic carbocycles. The molecule has 0 saturated heterocycles. The first kappa shape index (κ1) is 18.4. The topological polar surface area (TPSA) is 38.3 Å². The lowest BCUT2D eigenvalue weighted by atomic mass is 10.0. The van der Waals surface area contributed by atoms with Gasteiger partial charge in [-0.3, -0.25) is 4.79 Å². The predicted octanol–water partition coefficient (Wildman–Crippen LogP) is 4.67. The summed E-state index contributed by atoms with van der Waals surface area (Å²) >= 11 is 1.55. The van der Waals surface area contributed by atoms with Gasteiger partial charge in [0.15, 0.2) is 0 Å². The highest BCUT2D eigenvalue weighted by Gasteiger charge is 2.18. The van der Waals surface area contributed by atoms with Crippen molar-refractivity contribution in [1.29, 1.82) is 0 Å². The zero-order valence-electron chi connectivity index (χ0n) is 14.9. The molecule has 0 aromatic heterocycles. The van der Waals surface area contributed by atoms with E-state index in [1.165, 1.54) is 11.1 Å². The van der Waals surface area contributed by atoms with E-state index < -0.39 is 0 Å². The Morgan fingerprint density at radius 2 is 1.75 bits per heavy atom. The Morgan fingerprint density at radius 3 is 2.33 bits per heavy atom. The van der Waals surface area contributed by atoms with Crippen LogP contribution in [0.4, 0.5) is 0 Å². The zero-order chi connectivity index (χ0) is 17.7. The summed E-state index contributed by atoms with van der Waals surface area (Å²) in [6, 6.07) is 14.1. The van der Waals surface area contributed by atoms with Crippen molar-refractivity contribution in [3.8, 4) is 5.75 Å². The van der Waals surface area contributed by atoms with Gasteiger partial charge < -0.3 is 10.1 Å². The summed E-state index contributed by atoms with van der Waals surface area (Å²) in [5.74, 6) is 0.864. The zero-order valence-corrected chi connectivity index (χ0v) is 15.7. The Morgan fingerprint density at radius 1 is 1.08 bits per heavy atom. The largest absolute Gasteiger partial charge is 0.497 e. The second kappa shape index (κ2) is 8.25. The smallest absolute Gasteiger partial charge is 0.233 e. The fourth-order valence-electron chi connectivity index (χ4n) is 2.63. The molecule has 3 nitrogen and oxygen atoms in total. The van der Waals surface area contributed by atoms with Crippen molar-refractivity contribution >= 4 is 17.7 Å². The minimum atomic E-state index is -0.161. The second-order valence-electron chi connectivity index (χ2n) is 6.03. The van der Waals surface area contributed by atoms with Crippen LogP contribution in [0.15, 0.2) is 47.4 Å². The Balaban J connectivity index is 1.97. The van der Waals surface area contributed by atoms with Gasteiger partial charge in [0.1, 0.15) is 5.75 Å². The Hall–Kier alpha value is -1.94. The van der Waals surface area contributed by atoms with Crippen LogP contribution in [0.25, 0.3) is 0 Å². The quantitative estimate of drug-likeness (QED) is 0.775. The summed E-state index contributed by atoms with van der Waals surface area (Å²) in [5.41, 5.74) is 3.60. The number of aryl methyl sites for hydroxylation is 2. The van der Waals surface area contributed by atoms with Gasteiger partial charge in [0.25, 0.3) is 0 Å². The molecule has 0 bridgehead atoms. The van der Waals surface area contributed by atoms with Crippen LogP contribution >= 0.6 is 11.8 Å². The third kappa shape index (κ3) is 4.78. The average Bonchev–Trinajstić information content (AvgIpc) is 2.55. The molecule has 2 atom stereocenters. The van der Waals surface area contributed by atoms with Crippen molar-refractivity contribution in [2.24, 2.45) is 0 Å². The lowest BCUT2D eigenvalue weighted by Crippen LogP contribution is -2.33. The molecular weight excluding hydrogens is 318 g/mol. The van der Waals surface area contributed by atoms with E-state index in [1.54, 1.807) is 18.9 Å². The van der Waals surface area contributed by atoms with E-state index in [0.717, 1.165) is 16.2 Å². The first-order chi connectivity index (χ1) is 11.4. The molecule has 0 saturated carbocycles. The van der Waals surface area contributed by atoms with E-state index in [1.807, 2.05) is 38.1 Å². The van der Waals surface area contributed by atoms with E-state index in [4.69, 9.17) is 4.74 Å². The highest BCUT2D eigenvalue weighted by Crippen LogP contribution is 2.26. The molecule has 0 fully saturated rings. The SMILES string of the molecule is COc1ccc(SC(C)C(=O)NC(C)c2ccc(C)cc2C)cc1. The average molecular weight is 343 g/mol. The molecule has 0 spiro atoms. The summed E-state index contributed by atoms with van der Waals surface area (Å²) in [6.45, 7) is 8.12. The molecule has 0 aliphatic rings. The minimum absolute atomic E-state index is 0.00276. The van der Waals surface area contributed by atoms with Crippen molar-refractivity contribution in [2.45, 2.75) is 43.9 Å². The minimum Gasteiger partial charge on any atom is -0.497 e. The highest BCUT2D eigenvalue weighted by molar-refractivity contribution is 8.00. The van der Waals surface area contributed by atoms with E-state index in [2.05, 4.69) is 37.4 Å². The number of carbonyl (C=O) groups excluding carboxylic acids is 1. The summed E-state index contributed by atoms with van der Waals surface area (Å²) in [4.78, 5) is 13.5. The van der Waals surface area contributed by atoms with Crippen LogP contribution in [-0.2, 0) is 4.79 Å². The highest BCUT2D eigenvalue weighted by atomic mass is 32.2. The van der Waals surface area contributed by atoms with Gasteiger partial charge in [-0.05, 0) is 63.1 Å². The van der Waals surface area contributed by atoms with Crippen molar-refractivity contribution in [1.82, 2.24) is 5.32 Å². The lowest BCUT2D eigenvalue weighted by molar-refractivity contribution is -0.120. The molecule has 1 N–H and O–H groups in total. The lowest BCUT2D eigenvalue weighted by Gasteiger charge is -2.19. The Kier molecular flexibility index (Phi) is 6.32. The van der Waals surface area contributed by atoms with Crippen LogP contribution in [0.3, 0.4) is 0 Å². The molecule has 2 rings (SSSR count). The Bertz CT molecular complexity index is 697. The van der Waals surface area contributed by atoms with E-state index >= 15 is 0 Å².